The van der Waals surface area contributed by atoms with Gasteiger partial charge in [-0.25, -0.2) is 4.98 Å². The van der Waals surface area contributed by atoms with Gasteiger partial charge in [0.05, 0.1) is 22.4 Å². The average molecular weight is 873 g/mol. The van der Waals surface area contributed by atoms with Gasteiger partial charge in [0.15, 0.2) is 0 Å². The van der Waals surface area contributed by atoms with E-state index in [0.29, 0.717) is 11.5 Å². The maximum Gasteiger partial charge on any atom is 2.00 e. The zero-order chi connectivity index (χ0) is 36.0. The Morgan fingerprint density at radius 1 is 0.604 bits per heavy atom. The molecular weight excluding hydrogens is 834 g/mol. The predicted octanol–water partition coefficient (Wildman–Crippen LogP) is 11.3. The number of para-hydroxylation sites is 1. The molecule has 0 atom stereocenters. The van der Waals surface area contributed by atoms with E-state index in [4.69, 9.17) is 9.72 Å². The summed E-state index contributed by atoms with van der Waals surface area (Å²) in [6.45, 7) is 17.2. The summed E-state index contributed by atoms with van der Waals surface area (Å²) in [6, 6.07) is 36.8. The molecule has 0 unspecified atom stereocenters. The normalized spacial score (nSPS) is 11.6. The standard InChI is InChI=1S/C46H39N5O.Pt/c1-26-18-28(3)44-39(20-26)40-21-27(2)19-29(4)45(40)50(44)43-30(5)25-47-46(33(43)8)49-41-15-10-9-14-37(41)38-17-16-36(24-42(38)49)52-35-13-11-12-34(23-35)51-32(7)22-31(6)48-51;/h9-22,25H,1-8H3;/q-2;+2. The number of ether oxygens (including phenoxy) is 1. The molecule has 264 valence electrons. The summed E-state index contributed by atoms with van der Waals surface area (Å²) in [5, 5.41) is 9.42. The van der Waals surface area contributed by atoms with Crippen molar-refractivity contribution in [3.63, 3.8) is 0 Å². The molecule has 0 radical (unpaired) electrons. The van der Waals surface area contributed by atoms with Crippen LogP contribution in [0.4, 0.5) is 0 Å². The van der Waals surface area contributed by atoms with E-state index in [2.05, 4.69) is 129 Å². The van der Waals surface area contributed by atoms with Gasteiger partial charge in [-0.1, -0.05) is 47.0 Å². The Bertz CT molecular complexity index is 2860. The third-order valence-corrected chi connectivity index (χ3v) is 10.3. The van der Waals surface area contributed by atoms with Gasteiger partial charge >= 0.3 is 21.1 Å². The van der Waals surface area contributed by atoms with Crippen LogP contribution in [0, 0.1) is 67.5 Å². The quantitative estimate of drug-likeness (QED) is 0.162. The second-order valence-corrected chi connectivity index (χ2v) is 14.3. The van der Waals surface area contributed by atoms with E-state index >= 15 is 0 Å². The molecule has 0 bridgehead atoms. The number of benzene rings is 5. The Morgan fingerprint density at radius 3 is 1.96 bits per heavy atom. The van der Waals surface area contributed by atoms with Crippen LogP contribution in [-0.4, -0.2) is 23.9 Å². The van der Waals surface area contributed by atoms with E-state index in [1.54, 1.807) is 0 Å². The van der Waals surface area contributed by atoms with Crippen molar-refractivity contribution in [1.82, 2.24) is 23.9 Å². The Balaban J connectivity index is 0.00000400. The maximum absolute atomic E-state index is 6.47. The zero-order valence-electron chi connectivity index (χ0n) is 31.1. The van der Waals surface area contributed by atoms with E-state index in [0.717, 1.165) is 61.5 Å². The van der Waals surface area contributed by atoms with E-state index in [-0.39, 0.29) is 21.1 Å². The van der Waals surface area contributed by atoms with E-state index in [1.165, 1.54) is 44.1 Å². The number of fused-ring (bicyclic) bond motifs is 6. The van der Waals surface area contributed by atoms with E-state index < -0.39 is 0 Å². The summed E-state index contributed by atoms with van der Waals surface area (Å²) in [5.41, 5.74) is 15.7. The fourth-order valence-corrected chi connectivity index (χ4v) is 8.31. The van der Waals surface area contributed by atoms with Gasteiger partial charge in [0.2, 0.25) is 0 Å². The summed E-state index contributed by atoms with van der Waals surface area (Å²) >= 11 is 0. The fraction of sp³-hybridized carbons (Fsp3) is 0.174. The number of nitrogens with zero attached hydrogens (tertiary/aromatic N) is 5. The number of aryl methyl sites for hydroxylation is 7. The summed E-state index contributed by atoms with van der Waals surface area (Å²) in [4.78, 5) is 5.17. The van der Waals surface area contributed by atoms with Crippen LogP contribution in [0.2, 0.25) is 0 Å². The first kappa shape index (κ1) is 34.6. The van der Waals surface area contributed by atoms with Gasteiger partial charge in [-0.05, 0) is 107 Å². The monoisotopic (exact) mass is 872 g/mol. The van der Waals surface area contributed by atoms with Gasteiger partial charge in [0.1, 0.15) is 5.82 Å². The van der Waals surface area contributed by atoms with Crippen LogP contribution in [0.1, 0.15) is 44.8 Å². The molecule has 7 heteroatoms. The molecule has 0 aliphatic rings. The minimum Gasteiger partial charge on any atom is -0.509 e. The number of pyridine rings is 1. The Morgan fingerprint density at radius 2 is 1.28 bits per heavy atom. The first-order valence-corrected chi connectivity index (χ1v) is 17.8. The van der Waals surface area contributed by atoms with Crippen molar-refractivity contribution < 1.29 is 25.8 Å². The van der Waals surface area contributed by atoms with Crippen molar-refractivity contribution in [1.29, 1.82) is 0 Å². The molecular formula is C46H39N5OPt. The van der Waals surface area contributed by atoms with Crippen LogP contribution in [0.25, 0.3) is 60.8 Å². The molecule has 4 aromatic heterocycles. The molecule has 4 heterocycles. The molecule has 0 aliphatic carbocycles. The van der Waals surface area contributed by atoms with Gasteiger partial charge in [-0.2, -0.15) is 17.2 Å². The number of rotatable bonds is 5. The Labute approximate surface area is 323 Å². The molecule has 0 spiro atoms. The van der Waals surface area contributed by atoms with Gasteiger partial charge in [-0.3, -0.25) is 4.68 Å². The summed E-state index contributed by atoms with van der Waals surface area (Å²) in [7, 11) is 0. The van der Waals surface area contributed by atoms with Crippen molar-refractivity contribution in [2.45, 2.75) is 55.4 Å². The van der Waals surface area contributed by atoms with Crippen LogP contribution in [-0.2, 0) is 21.1 Å². The maximum atomic E-state index is 6.47. The van der Waals surface area contributed by atoms with Crippen LogP contribution in [0.15, 0.2) is 91.1 Å². The molecule has 0 saturated heterocycles. The average Bonchev–Trinajstić information content (AvgIpc) is 3.73. The van der Waals surface area contributed by atoms with Crippen LogP contribution >= 0.6 is 0 Å². The first-order chi connectivity index (χ1) is 25.1. The van der Waals surface area contributed by atoms with Gasteiger partial charge < -0.3 is 13.9 Å². The second kappa shape index (κ2) is 12.9. The minimum absolute atomic E-state index is 0. The molecule has 5 aromatic carbocycles. The van der Waals surface area contributed by atoms with Gasteiger partial charge in [0, 0.05) is 45.2 Å². The van der Waals surface area contributed by atoms with Gasteiger partial charge in [0.25, 0.3) is 0 Å². The summed E-state index contributed by atoms with van der Waals surface area (Å²) in [5.74, 6) is 2.06. The zero-order valence-corrected chi connectivity index (χ0v) is 33.4. The second-order valence-electron chi connectivity index (χ2n) is 14.3. The fourth-order valence-electron chi connectivity index (χ4n) is 8.31. The predicted molar refractivity (Wildman–Crippen MR) is 212 cm³/mol. The molecule has 0 amide bonds. The van der Waals surface area contributed by atoms with Gasteiger partial charge in [-0.15, -0.1) is 35.7 Å². The number of hydrogen-bond acceptors (Lipinski definition) is 3. The van der Waals surface area contributed by atoms with Crippen LogP contribution < -0.4 is 4.74 Å². The van der Waals surface area contributed by atoms with Crippen molar-refractivity contribution in [2.24, 2.45) is 0 Å². The molecule has 9 aromatic rings. The van der Waals surface area contributed by atoms with Crippen LogP contribution in [0.3, 0.4) is 0 Å². The van der Waals surface area contributed by atoms with E-state index in [1.807, 2.05) is 49.0 Å². The molecule has 53 heavy (non-hydrogen) atoms. The molecule has 0 aliphatic heterocycles. The topological polar surface area (TPSA) is 49.8 Å². The Kier molecular flexibility index (Phi) is 8.42. The number of hydrogen-bond donors (Lipinski definition) is 0. The number of aromatic nitrogens is 5. The third-order valence-electron chi connectivity index (χ3n) is 10.3. The van der Waals surface area contributed by atoms with Crippen molar-refractivity contribution >= 4 is 43.6 Å². The third kappa shape index (κ3) is 5.50. The van der Waals surface area contributed by atoms with Crippen LogP contribution in [0.5, 0.6) is 11.5 Å². The smallest absolute Gasteiger partial charge is 0.509 e. The van der Waals surface area contributed by atoms with Crippen molar-refractivity contribution in [3.8, 4) is 28.7 Å². The SMILES string of the molecule is Cc1cc(C)c2c(c1)c1cc(C)cc(C)c1n2-c1c(C)cnc(-n2c3[c-]c(Oc4[c-]c(-n5nc(C)cc5C)ccc4)ccc3c3ccccc32)c1C.[Pt+2]. The Hall–Kier alpha value is -5.45. The molecule has 0 N–H and O–H groups in total. The largest absolute Gasteiger partial charge is 2.00 e. The van der Waals surface area contributed by atoms with Crippen molar-refractivity contribution in [2.75, 3.05) is 0 Å². The molecule has 0 fully saturated rings. The van der Waals surface area contributed by atoms with E-state index in [9.17, 15) is 0 Å². The first-order valence-electron chi connectivity index (χ1n) is 17.8. The molecule has 9 rings (SSSR count). The van der Waals surface area contributed by atoms with Crippen molar-refractivity contribution in [3.05, 3.63) is 148 Å². The molecule has 6 nitrogen and oxygen atoms in total. The molecule has 0 saturated carbocycles. The summed E-state index contributed by atoms with van der Waals surface area (Å²) < 4.78 is 13.1. The summed E-state index contributed by atoms with van der Waals surface area (Å²) in [6.07, 6.45) is 2.02. The minimum atomic E-state index is 0.